The number of esters is 1. The maximum Gasteiger partial charge on any atom is 0.410 e. The van der Waals surface area contributed by atoms with E-state index < -0.39 is 5.97 Å². The normalized spacial score (nSPS) is 27.1. The molecule has 5 atom stereocenters. The van der Waals surface area contributed by atoms with E-state index in [-0.39, 0.29) is 37.0 Å². The summed E-state index contributed by atoms with van der Waals surface area (Å²) in [6.07, 6.45) is 7.26. The minimum absolute atomic E-state index is 0.0350. The summed E-state index contributed by atoms with van der Waals surface area (Å²) in [6, 6.07) is 4.34. The number of hydrazine groups is 1. The number of nitrogens with zero attached hydrogens (tertiary/aromatic N) is 3. The summed E-state index contributed by atoms with van der Waals surface area (Å²) in [7, 11) is 1.35. The Bertz CT molecular complexity index is 1140. The van der Waals surface area contributed by atoms with Crippen LogP contribution < -0.4 is 21.5 Å². The monoisotopic (exact) mass is 495 g/mol. The lowest BCUT2D eigenvalue weighted by Gasteiger charge is -2.38. The quantitative estimate of drug-likeness (QED) is 0.336. The number of piperidine rings is 1. The van der Waals surface area contributed by atoms with Gasteiger partial charge in [0.05, 0.1) is 24.4 Å². The predicted molar refractivity (Wildman–Crippen MR) is 135 cm³/mol. The number of aromatic nitrogens is 2. The first-order valence-corrected chi connectivity index (χ1v) is 12.4. The minimum Gasteiger partial charge on any atom is -0.465 e. The highest BCUT2D eigenvalue weighted by Crippen LogP contribution is 2.38. The molecule has 0 aliphatic carbocycles. The molecular formula is C25H33N7O4. The molecule has 0 radical (unpaired) electrons. The summed E-state index contributed by atoms with van der Waals surface area (Å²) in [4.78, 5) is 36.0. The summed E-state index contributed by atoms with van der Waals surface area (Å²) in [5.41, 5.74) is 7.52. The molecule has 4 N–H and O–H groups in total. The van der Waals surface area contributed by atoms with E-state index in [1.54, 1.807) is 12.1 Å². The van der Waals surface area contributed by atoms with Gasteiger partial charge in [0.25, 0.3) is 0 Å². The van der Waals surface area contributed by atoms with Gasteiger partial charge in [-0.15, -0.1) is 0 Å². The molecule has 2 aromatic rings. The number of pyridine rings is 2. The number of nitrogens with one attached hydrogen (secondary N) is 4. The molecule has 192 valence electrons. The Balaban J connectivity index is 1.40. The minimum atomic E-state index is -0.447. The van der Waals surface area contributed by atoms with Crippen LogP contribution in [0.1, 0.15) is 49.4 Å². The first-order chi connectivity index (χ1) is 17.4. The number of rotatable bonds is 7. The molecule has 0 saturated carbocycles. The van der Waals surface area contributed by atoms with E-state index in [0.29, 0.717) is 23.2 Å². The fraction of sp³-hybridized carbons (Fsp3) is 0.520. The van der Waals surface area contributed by atoms with Gasteiger partial charge in [0.1, 0.15) is 18.2 Å². The van der Waals surface area contributed by atoms with E-state index >= 15 is 0 Å². The number of ether oxygens (including phenoxy) is 2. The van der Waals surface area contributed by atoms with Crippen molar-refractivity contribution in [3.8, 4) is 0 Å². The number of carbonyl (C=O) groups is 2. The smallest absolute Gasteiger partial charge is 0.410 e. The Kier molecular flexibility index (Phi) is 6.92. The molecule has 3 fully saturated rings. The molecule has 2 bridgehead atoms. The highest BCUT2D eigenvalue weighted by Gasteiger charge is 2.44. The van der Waals surface area contributed by atoms with Crippen LogP contribution in [0.25, 0.3) is 10.9 Å². The SMILES string of the molecule is C=CCOC(=O)N1[C@@H]2CC[C@H]1CC(Nc1nc(NC3CC(C)NN3)cc3ncc(C(=O)OC)cc13)C2. The highest BCUT2D eigenvalue weighted by molar-refractivity contribution is 5.98. The molecular weight excluding hydrogens is 462 g/mol. The molecule has 11 heteroatoms. The van der Waals surface area contributed by atoms with Gasteiger partial charge in [-0.2, -0.15) is 0 Å². The maximum atomic E-state index is 12.6. The Morgan fingerprint density at radius 3 is 2.64 bits per heavy atom. The lowest BCUT2D eigenvalue weighted by Crippen LogP contribution is -2.50. The van der Waals surface area contributed by atoms with Crippen LogP contribution in [0.3, 0.4) is 0 Å². The Labute approximate surface area is 210 Å². The first kappa shape index (κ1) is 24.3. The van der Waals surface area contributed by atoms with Gasteiger partial charge >= 0.3 is 12.1 Å². The van der Waals surface area contributed by atoms with Crippen LogP contribution in [0.15, 0.2) is 31.0 Å². The van der Waals surface area contributed by atoms with Crippen LogP contribution in [0.4, 0.5) is 16.4 Å². The van der Waals surface area contributed by atoms with E-state index in [2.05, 4.69) is 40.0 Å². The number of fused-ring (bicyclic) bond motifs is 3. The van der Waals surface area contributed by atoms with Crippen molar-refractivity contribution in [1.82, 2.24) is 25.7 Å². The highest BCUT2D eigenvalue weighted by atomic mass is 16.6. The zero-order valence-electron chi connectivity index (χ0n) is 20.6. The number of amides is 1. The van der Waals surface area contributed by atoms with Crippen molar-refractivity contribution < 1.29 is 19.1 Å². The van der Waals surface area contributed by atoms with E-state index in [1.165, 1.54) is 13.3 Å². The van der Waals surface area contributed by atoms with Crippen LogP contribution in [-0.2, 0) is 9.47 Å². The number of anilines is 2. The molecule has 0 spiro atoms. The molecule has 0 aromatic carbocycles. The molecule has 3 aliphatic heterocycles. The summed E-state index contributed by atoms with van der Waals surface area (Å²) < 4.78 is 10.2. The van der Waals surface area contributed by atoms with Gasteiger partial charge in [-0.05, 0) is 45.1 Å². The first-order valence-electron chi connectivity index (χ1n) is 12.4. The fourth-order valence-electron chi connectivity index (χ4n) is 5.51. The summed E-state index contributed by atoms with van der Waals surface area (Å²) >= 11 is 0. The van der Waals surface area contributed by atoms with Gasteiger partial charge in [0.15, 0.2) is 0 Å². The van der Waals surface area contributed by atoms with Crippen LogP contribution in [0, 0.1) is 0 Å². The van der Waals surface area contributed by atoms with Crippen LogP contribution in [-0.4, -0.2) is 71.0 Å². The molecule has 5 heterocycles. The molecule has 3 unspecified atom stereocenters. The van der Waals surface area contributed by atoms with E-state index in [9.17, 15) is 9.59 Å². The van der Waals surface area contributed by atoms with Crippen molar-refractivity contribution in [3.05, 3.63) is 36.5 Å². The third-order valence-corrected chi connectivity index (χ3v) is 7.13. The number of hydrogen-bond donors (Lipinski definition) is 4. The largest absolute Gasteiger partial charge is 0.465 e. The van der Waals surface area contributed by atoms with Crippen molar-refractivity contribution in [2.24, 2.45) is 0 Å². The average Bonchev–Trinajstić information content (AvgIpc) is 3.40. The number of methoxy groups -OCH3 is 1. The topological polar surface area (TPSA) is 130 Å². The van der Waals surface area contributed by atoms with Gasteiger partial charge in [-0.1, -0.05) is 12.7 Å². The van der Waals surface area contributed by atoms with Crippen molar-refractivity contribution in [2.75, 3.05) is 24.4 Å². The van der Waals surface area contributed by atoms with Crippen molar-refractivity contribution >= 4 is 34.6 Å². The Morgan fingerprint density at radius 1 is 1.19 bits per heavy atom. The van der Waals surface area contributed by atoms with Crippen molar-refractivity contribution in [3.63, 3.8) is 0 Å². The molecule has 36 heavy (non-hydrogen) atoms. The third-order valence-electron chi connectivity index (χ3n) is 7.13. The molecule has 5 rings (SSSR count). The summed E-state index contributed by atoms with van der Waals surface area (Å²) in [6.45, 7) is 5.95. The van der Waals surface area contributed by atoms with E-state index in [1.807, 2.05) is 11.0 Å². The van der Waals surface area contributed by atoms with Gasteiger partial charge in [-0.3, -0.25) is 10.4 Å². The van der Waals surface area contributed by atoms with E-state index in [4.69, 9.17) is 14.5 Å². The molecule has 3 saturated heterocycles. The summed E-state index contributed by atoms with van der Waals surface area (Å²) in [5.74, 6) is 0.890. The number of hydrogen-bond acceptors (Lipinski definition) is 10. The Hall–Kier alpha value is -3.44. The van der Waals surface area contributed by atoms with Crippen LogP contribution >= 0.6 is 0 Å². The van der Waals surface area contributed by atoms with Crippen molar-refractivity contribution in [2.45, 2.75) is 69.4 Å². The molecule has 2 aromatic heterocycles. The third kappa shape index (κ3) is 4.93. The van der Waals surface area contributed by atoms with Gasteiger partial charge in [0.2, 0.25) is 0 Å². The second-order valence-corrected chi connectivity index (χ2v) is 9.73. The van der Waals surface area contributed by atoms with Crippen LogP contribution in [0.2, 0.25) is 0 Å². The molecule has 3 aliphatic rings. The fourth-order valence-corrected chi connectivity index (χ4v) is 5.51. The van der Waals surface area contributed by atoms with Crippen molar-refractivity contribution in [1.29, 1.82) is 0 Å². The molecule has 11 nitrogen and oxygen atoms in total. The lowest BCUT2D eigenvalue weighted by atomic mass is 9.97. The molecule has 1 amide bonds. The second-order valence-electron chi connectivity index (χ2n) is 9.73. The zero-order valence-corrected chi connectivity index (χ0v) is 20.6. The number of carbonyl (C=O) groups excluding carboxylic acids is 2. The summed E-state index contributed by atoms with van der Waals surface area (Å²) in [5, 5.41) is 7.78. The standard InChI is InChI=1S/C25H33N7O4/c1-4-7-36-25(34)32-17-5-6-18(32)11-16(10-17)27-23-19-9-15(24(33)35-3)13-26-20(19)12-21(29-23)28-22-8-14(2)30-31-22/h4,9,12-14,16-18,22,30-31H,1,5-8,10-11H2,2-3H3,(H2,27,28,29)/t14?,16?,17-,18+,22?. The van der Waals surface area contributed by atoms with E-state index in [0.717, 1.165) is 43.0 Å². The zero-order chi connectivity index (χ0) is 25.2. The van der Waals surface area contributed by atoms with Gasteiger partial charge in [0, 0.05) is 41.8 Å². The predicted octanol–water partition coefficient (Wildman–Crippen LogP) is 2.77. The Morgan fingerprint density at radius 2 is 1.97 bits per heavy atom. The maximum absolute atomic E-state index is 12.6. The van der Waals surface area contributed by atoms with Gasteiger partial charge in [-0.25, -0.2) is 20.0 Å². The van der Waals surface area contributed by atoms with Gasteiger partial charge < -0.3 is 25.0 Å². The average molecular weight is 496 g/mol. The lowest BCUT2D eigenvalue weighted by molar-refractivity contribution is 0.0600. The second kappa shape index (κ2) is 10.3. The van der Waals surface area contributed by atoms with Crippen LogP contribution in [0.5, 0.6) is 0 Å².